The van der Waals surface area contributed by atoms with E-state index in [4.69, 9.17) is 0 Å². The third kappa shape index (κ3) is 4.16. The maximum atomic E-state index is 11.9. The summed E-state index contributed by atoms with van der Waals surface area (Å²) < 4.78 is 4.59. The topological polar surface area (TPSA) is 50.7 Å². The van der Waals surface area contributed by atoms with E-state index in [9.17, 15) is 4.79 Å². The number of nitrogens with zero attached hydrogens (tertiary/aromatic N) is 1. The van der Waals surface area contributed by atoms with Crippen LogP contribution in [0.1, 0.15) is 16.7 Å². The number of rotatable bonds is 5. The molecule has 4 nitrogen and oxygen atoms in total. The molecule has 5 heteroatoms. The molecule has 0 spiro atoms. The lowest BCUT2D eigenvalue weighted by Crippen LogP contribution is -2.33. The van der Waals surface area contributed by atoms with Crippen LogP contribution < -0.4 is 5.32 Å². The molecule has 0 saturated carbocycles. The largest absolute Gasteiger partial charge is 0.348 e. The van der Waals surface area contributed by atoms with Gasteiger partial charge < -0.3 is 9.50 Å². The van der Waals surface area contributed by atoms with Crippen molar-refractivity contribution in [3.63, 3.8) is 0 Å². The molecule has 0 atom stereocenters. The van der Waals surface area contributed by atoms with Gasteiger partial charge in [0.15, 0.2) is 0 Å². The Morgan fingerprint density at radius 2 is 1.94 bits per heavy atom. The average molecular weight is 266 g/mol. The van der Waals surface area contributed by atoms with Gasteiger partial charge in [0.05, 0.1) is 6.61 Å². The smallest absolute Gasteiger partial charge is 0.270 e. The summed E-state index contributed by atoms with van der Waals surface area (Å²) in [6.45, 7) is 4.76. The maximum absolute atomic E-state index is 11.9. The molecule has 98 valence electrons. The molecule has 1 rings (SSSR count). The van der Waals surface area contributed by atoms with Crippen LogP contribution in [0, 0.1) is 13.8 Å². The summed E-state index contributed by atoms with van der Waals surface area (Å²) in [4.78, 5) is 16.0. The molecular formula is C13H18N2O2S. The molecule has 0 aromatic heterocycles. The fourth-order valence-electron chi connectivity index (χ4n) is 1.77. The van der Waals surface area contributed by atoms with Crippen molar-refractivity contribution in [2.75, 3.05) is 20.2 Å². The van der Waals surface area contributed by atoms with Gasteiger partial charge in [-0.25, -0.2) is 0 Å². The minimum Gasteiger partial charge on any atom is -0.348 e. The Morgan fingerprint density at radius 1 is 1.33 bits per heavy atom. The molecule has 0 saturated heterocycles. The van der Waals surface area contributed by atoms with Crippen LogP contribution in [0.3, 0.4) is 0 Å². The second kappa shape index (κ2) is 7.18. The van der Waals surface area contributed by atoms with Gasteiger partial charge in [-0.05, 0) is 38.9 Å². The van der Waals surface area contributed by atoms with E-state index in [1.807, 2.05) is 26.0 Å². The zero-order valence-electron chi connectivity index (χ0n) is 10.9. The summed E-state index contributed by atoms with van der Waals surface area (Å²) in [5.41, 5.74) is 3.48. The van der Waals surface area contributed by atoms with Gasteiger partial charge in [-0.3, -0.25) is 9.79 Å². The first-order valence-corrected chi connectivity index (χ1v) is 6.05. The molecule has 18 heavy (non-hydrogen) atoms. The first-order valence-electron chi connectivity index (χ1n) is 5.68. The van der Waals surface area contributed by atoms with E-state index < -0.39 is 0 Å². The van der Waals surface area contributed by atoms with Gasteiger partial charge in [0.25, 0.3) is 5.91 Å². The standard InChI is InChI=1S/C13H18N2O2S/c1-9-6-10(2)8-11(7-9)12(14-3)13(16)15-4-5-17-18/h6-8,18H,4-5H2,1-3H3,(H,15,16). The quantitative estimate of drug-likeness (QED) is 0.369. The van der Waals surface area contributed by atoms with Crippen molar-refractivity contribution in [2.45, 2.75) is 13.8 Å². The Kier molecular flexibility index (Phi) is 5.88. The van der Waals surface area contributed by atoms with Crippen LogP contribution in [-0.2, 0) is 8.98 Å². The minimum atomic E-state index is -0.201. The average Bonchev–Trinajstić information content (AvgIpc) is 2.29. The van der Waals surface area contributed by atoms with E-state index in [-0.39, 0.29) is 5.91 Å². The Morgan fingerprint density at radius 3 is 2.44 bits per heavy atom. The highest BCUT2D eigenvalue weighted by Crippen LogP contribution is 2.10. The Hall–Kier alpha value is -1.33. The highest BCUT2D eigenvalue weighted by Gasteiger charge is 2.13. The predicted octanol–water partition coefficient (Wildman–Crippen LogP) is 1.70. The van der Waals surface area contributed by atoms with E-state index in [0.717, 1.165) is 16.7 Å². The van der Waals surface area contributed by atoms with Gasteiger partial charge >= 0.3 is 0 Å². The third-order valence-corrected chi connectivity index (χ3v) is 2.60. The van der Waals surface area contributed by atoms with Crippen LogP contribution in [0.25, 0.3) is 0 Å². The Balaban J connectivity index is 2.86. The fourth-order valence-corrected chi connectivity index (χ4v) is 1.86. The number of aryl methyl sites for hydroxylation is 2. The van der Waals surface area contributed by atoms with Crippen molar-refractivity contribution in [1.29, 1.82) is 0 Å². The van der Waals surface area contributed by atoms with E-state index >= 15 is 0 Å². The number of hydrogen-bond donors (Lipinski definition) is 2. The molecule has 0 heterocycles. The second-order valence-corrected chi connectivity index (χ2v) is 4.30. The van der Waals surface area contributed by atoms with E-state index in [1.54, 1.807) is 7.05 Å². The molecule has 1 aromatic rings. The number of nitrogens with one attached hydrogen (secondary N) is 1. The van der Waals surface area contributed by atoms with E-state index in [2.05, 4.69) is 33.5 Å². The second-order valence-electron chi connectivity index (χ2n) is 4.04. The van der Waals surface area contributed by atoms with Crippen LogP contribution in [0.2, 0.25) is 0 Å². The Bertz CT molecular complexity index is 438. The number of carbonyl (C=O) groups is 1. The summed E-state index contributed by atoms with van der Waals surface area (Å²) in [5, 5.41) is 2.73. The third-order valence-electron chi connectivity index (χ3n) is 2.41. The maximum Gasteiger partial charge on any atom is 0.270 e. The molecule has 0 aliphatic rings. The molecule has 0 aliphatic heterocycles. The molecule has 0 fully saturated rings. The van der Waals surface area contributed by atoms with Crippen molar-refractivity contribution < 1.29 is 8.98 Å². The van der Waals surface area contributed by atoms with E-state index in [0.29, 0.717) is 18.9 Å². The molecule has 1 N–H and O–H groups in total. The molecule has 0 aliphatic carbocycles. The zero-order chi connectivity index (χ0) is 13.5. The van der Waals surface area contributed by atoms with E-state index in [1.165, 1.54) is 0 Å². The number of thiol groups is 1. The van der Waals surface area contributed by atoms with Gasteiger partial charge in [0.1, 0.15) is 5.71 Å². The highest BCUT2D eigenvalue weighted by molar-refractivity contribution is 7.75. The first-order chi connectivity index (χ1) is 8.58. The molecule has 0 bridgehead atoms. The normalized spacial score (nSPS) is 11.4. The minimum absolute atomic E-state index is 0.201. The lowest BCUT2D eigenvalue weighted by Gasteiger charge is -2.09. The molecule has 1 aromatic carbocycles. The zero-order valence-corrected chi connectivity index (χ0v) is 11.8. The Labute approximate surface area is 113 Å². The monoisotopic (exact) mass is 266 g/mol. The molecule has 0 unspecified atom stereocenters. The van der Waals surface area contributed by atoms with Crippen molar-refractivity contribution in [1.82, 2.24) is 5.32 Å². The summed E-state index contributed by atoms with van der Waals surface area (Å²) in [6, 6.07) is 5.96. The lowest BCUT2D eigenvalue weighted by atomic mass is 10.0. The van der Waals surface area contributed by atoms with Crippen molar-refractivity contribution >= 4 is 24.5 Å². The number of amides is 1. The van der Waals surface area contributed by atoms with Crippen molar-refractivity contribution in [3.8, 4) is 0 Å². The molecule has 1 amide bonds. The molecular weight excluding hydrogens is 248 g/mol. The lowest BCUT2D eigenvalue weighted by molar-refractivity contribution is -0.114. The first kappa shape index (κ1) is 14.7. The summed E-state index contributed by atoms with van der Waals surface area (Å²) in [5.74, 6) is -0.201. The fraction of sp³-hybridized carbons (Fsp3) is 0.385. The molecule has 0 radical (unpaired) electrons. The van der Waals surface area contributed by atoms with Gasteiger partial charge in [-0.1, -0.05) is 17.2 Å². The predicted molar refractivity (Wildman–Crippen MR) is 76.3 cm³/mol. The van der Waals surface area contributed by atoms with Crippen LogP contribution >= 0.6 is 12.9 Å². The van der Waals surface area contributed by atoms with Crippen LogP contribution in [0.4, 0.5) is 0 Å². The number of aliphatic imine (C=N–C) groups is 1. The summed E-state index contributed by atoms with van der Waals surface area (Å²) >= 11 is 3.61. The van der Waals surface area contributed by atoms with Crippen LogP contribution in [-0.4, -0.2) is 31.8 Å². The van der Waals surface area contributed by atoms with Gasteiger partial charge in [-0.2, -0.15) is 0 Å². The van der Waals surface area contributed by atoms with Crippen molar-refractivity contribution in [2.24, 2.45) is 4.99 Å². The van der Waals surface area contributed by atoms with Crippen molar-refractivity contribution in [3.05, 3.63) is 34.9 Å². The summed E-state index contributed by atoms with van der Waals surface area (Å²) in [6.07, 6.45) is 0. The van der Waals surface area contributed by atoms with Crippen LogP contribution in [0.15, 0.2) is 23.2 Å². The van der Waals surface area contributed by atoms with Crippen LogP contribution in [0.5, 0.6) is 0 Å². The highest BCUT2D eigenvalue weighted by atomic mass is 32.1. The number of benzene rings is 1. The number of carbonyl (C=O) groups excluding carboxylic acids is 1. The van der Waals surface area contributed by atoms with Gasteiger partial charge in [-0.15, -0.1) is 0 Å². The van der Waals surface area contributed by atoms with Gasteiger partial charge in [0, 0.05) is 19.2 Å². The number of hydrogen-bond acceptors (Lipinski definition) is 4. The van der Waals surface area contributed by atoms with Gasteiger partial charge in [0.2, 0.25) is 0 Å². The summed E-state index contributed by atoms with van der Waals surface area (Å²) in [7, 11) is 1.61. The SMILES string of the molecule is CN=C(C(=O)NCCOS)c1cc(C)cc(C)c1.